The van der Waals surface area contributed by atoms with E-state index in [0.29, 0.717) is 6.04 Å². The minimum atomic E-state index is 0. The molecule has 1 aliphatic heterocycles. The third-order valence-corrected chi connectivity index (χ3v) is 4.10. The fraction of sp³-hybridized carbons (Fsp3) is 0.438. The molecule has 0 aliphatic carbocycles. The van der Waals surface area contributed by atoms with Crippen molar-refractivity contribution < 1.29 is 4.79 Å². The van der Waals surface area contributed by atoms with Crippen LogP contribution < -0.4 is 10.6 Å². The number of hydrogen-bond acceptors (Lipinski definition) is 4. The fourth-order valence-corrected chi connectivity index (χ4v) is 2.89. The number of aryl methyl sites for hydroxylation is 1. The van der Waals surface area contributed by atoms with Gasteiger partial charge >= 0.3 is 0 Å². The second-order valence-electron chi connectivity index (χ2n) is 5.86. The van der Waals surface area contributed by atoms with Gasteiger partial charge in [0.15, 0.2) is 0 Å². The molecule has 1 aliphatic rings. The number of aromatic nitrogens is 3. The largest absolute Gasteiger partial charge is 0.326 e. The minimum absolute atomic E-state index is 0. The van der Waals surface area contributed by atoms with Gasteiger partial charge in [-0.2, -0.15) is 0 Å². The van der Waals surface area contributed by atoms with Gasteiger partial charge in [-0.05, 0) is 51.4 Å². The first-order chi connectivity index (χ1) is 10.6. The van der Waals surface area contributed by atoms with Crippen LogP contribution in [0.3, 0.4) is 0 Å². The molecule has 0 spiro atoms. The number of amides is 1. The molecule has 0 radical (unpaired) electrons. The predicted molar refractivity (Wildman–Crippen MR) is 92.2 cm³/mol. The Kier molecular flexibility index (Phi) is 5.74. The van der Waals surface area contributed by atoms with Crippen LogP contribution in [0.2, 0.25) is 0 Å². The highest BCUT2D eigenvalue weighted by Crippen LogP contribution is 2.20. The summed E-state index contributed by atoms with van der Waals surface area (Å²) in [5, 5.41) is 14.3. The molecule has 1 saturated heterocycles. The third kappa shape index (κ3) is 4.09. The first kappa shape index (κ1) is 17.4. The lowest BCUT2D eigenvalue weighted by Gasteiger charge is -2.27. The second kappa shape index (κ2) is 7.57. The zero-order valence-corrected chi connectivity index (χ0v) is 14.1. The summed E-state index contributed by atoms with van der Waals surface area (Å²) in [6.07, 6.45) is 3.45. The van der Waals surface area contributed by atoms with Crippen LogP contribution in [0.4, 0.5) is 5.69 Å². The summed E-state index contributed by atoms with van der Waals surface area (Å²) in [6.45, 7) is 4.92. The number of piperidine rings is 1. The molecule has 7 heteroatoms. The van der Waals surface area contributed by atoms with Crippen molar-refractivity contribution in [2.45, 2.75) is 32.7 Å². The van der Waals surface area contributed by atoms with Crippen LogP contribution in [0.15, 0.2) is 30.6 Å². The van der Waals surface area contributed by atoms with E-state index in [-0.39, 0.29) is 24.2 Å². The van der Waals surface area contributed by atoms with E-state index in [2.05, 4.69) is 27.8 Å². The highest BCUT2D eigenvalue weighted by Gasteiger charge is 2.24. The van der Waals surface area contributed by atoms with Crippen molar-refractivity contribution in [3.8, 4) is 5.69 Å². The molecule has 1 aromatic heterocycles. The van der Waals surface area contributed by atoms with E-state index in [1.165, 1.54) is 0 Å². The van der Waals surface area contributed by atoms with Crippen molar-refractivity contribution in [2.24, 2.45) is 5.92 Å². The van der Waals surface area contributed by atoms with Crippen molar-refractivity contribution in [3.63, 3.8) is 0 Å². The van der Waals surface area contributed by atoms with Gasteiger partial charge in [0.1, 0.15) is 12.2 Å². The third-order valence-electron chi connectivity index (χ3n) is 4.10. The molecule has 0 saturated carbocycles. The molecule has 23 heavy (non-hydrogen) atoms. The maximum atomic E-state index is 12.4. The van der Waals surface area contributed by atoms with Crippen LogP contribution in [0.5, 0.6) is 0 Å². The molecule has 3 rings (SSSR count). The summed E-state index contributed by atoms with van der Waals surface area (Å²) in [4.78, 5) is 12.4. The summed E-state index contributed by atoms with van der Waals surface area (Å²) in [7, 11) is 0. The number of halogens is 1. The maximum Gasteiger partial charge on any atom is 0.227 e. The lowest BCUT2D eigenvalue weighted by molar-refractivity contribution is -0.120. The number of carbonyl (C=O) groups is 1. The average Bonchev–Trinajstić information content (AvgIpc) is 2.94. The lowest BCUT2D eigenvalue weighted by Crippen LogP contribution is -2.40. The Morgan fingerprint density at radius 3 is 2.96 bits per heavy atom. The Labute approximate surface area is 142 Å². The maximum absolute atomic E-state index is 12.4. The zero-order valence-electron chi connectivity index (χ0n) is 13.3. The molecule has 2 aromatic rings. The molecule has 6 nitrogen and oxygen atoms in total. The van der Waals surface area contributed by atoms with Gasteiger partial charge in [-0.1, -0.05) is 6.07 Å². The van der Waals surface area contributed by atoms with Crippen LogP contribution in [0, 0.1) is 12.8 Å². The van der Waals surface area contributed by atoms with Crippen molar-refractivity contribution in [1.82, 2.24) is 20.1 Å². The number of anilines is 1. The van der Waals surface area contributed by atoms with Crippen LogP contribution in [0.25, 0.3) is 5.69 Å². The van der Waals surface area contributed by atoms with Crippen molar-refractivity contribution in [1.29, 1.82) is 0 Å². The highest BCUT2D eigenvalue weighted by atomic mass is 35.5. The van der Waals surface area contributed by atoms with E-state index >= 15 is 0 Å². The average molecular weight is 336 g/mol. The summed E-state index contributed by atoms with van der Waals surface area (Å²) in [5.41, 5.74) is 1.75. The van der Waals surface area contributed by atoms with Gasteiger partial charge in [0, 0.05) is 17.6 Å². The number of nitrogens with one attached hydrogen (secondary N) is 2. The smallest absolute Gasteiger partial charge is 0.227 e. The molecule has 2 atom stereocenters. The van der Waals surface area contributed by atoms with E-state index in [4.69, 9.17) is 0 Å². The molecule has 1 fully saturated rings. The minimum Gasteiger partial charge on any atom is -0.326 e. The standard InChI is InChI=1S/C16H21N5O.ClH/c1-11-8-13(6-7-17-11)16(22)19-14-4-3-5-15(9-14)21-10-18-20-12(21)2;/h3-5,9-11,13,17H,6-8H2,1-2H3,(H,19,22);1H/t11-,13-;/m0./s1. The van der Waals surface area contributed by atoms with Gasteiger partial charge in [-0.25, -0.2) is 0 Å². The molecule has 0 bridgehead atoms. The molecule has 2 N–H and O–H groups in total. The van der Waals surface area contributed by atoms with Crippen molar-refractivity contribution in [3.05, 3.63) is 36.4 Å². The van der Waals surface area contributed by atoms with E-state index in [1.54, 1.807) is 6.33 Å². The van der Waals surface area contributed by atoms with E-state index in [1.807, 2.05) is 35.8 Å². The Hall–Kier alpha value is -1.92. The number of hydrogen-bond donors (Lipinski definition) is 2. The van der Waals surface area contributed by atoms with Gasteiger partial charge < -0.3 is 10.6 Å². The zero-order chi connectivity index (χ0) is 15.5. The van der Waals surface area contributed by atoms with E-state index in [9.17, 15) is 4.79 Å². The number of nitrogens with zero attached hydrogens (tertiary/aromatic N) is 3. The monoisotopic (exact) mass is 335 g/mol. The normalized spacial score (nSPS) is 20.6. The Balaban J connectivity index is 0.00000192. The number of rotatable bonds is 3. The Morgan fingerprint density at radius 2 is 2.26 bits per heavy atom. The van der Waals surface area contributed by atoms with Crippen molar-refractivity contribution >= 4 is 24.0 Å². The molecule has 1 aromatic carbocycles. The quantitative estimate of drug-likeness (QED) is 0.903. The van der Waals surface area contributed by atoms with Crippen LogP contribution in [0.1, 0.15) is 25.6 Å². The number of carbonyl (C=O) groups excluding carboxylic acids is 1. The SMILES string of the molecule is Cc1nncn1-c1cccc(NC(=O)[C@H]2CCN[C@@H](C)C2)c1.Cl. The molecule has 0 unspecified atom stereocenters. The molecule has 1 amide bonds. The topological polar surface area (TPSA) is 71.8 Å². The molecular formula is C16H22ClN5O. The van der Waals surface area contributed by atoms with Gasteiger partial charge in [0.05, 0.1) is 5.69 Å². The Morgan fingerprint density at radius 1 is 1.43 bits per heavy atom. The predicted octanol–water partition coefficient (Wildman–Crippen LogP) is 2.32. The van der Waals surface area contributed by atoms with E-state index in [0.717, 1.165) is 36.6 Å². The summed E-state index contributed by atoms with van der Waals surface area (Å²) >= 11 is 0. The first-order valence-electron chi connectivity index (χ1n) is 7.65. The van der Waals surface area contributed by atoms with Crippen LogP contribution >= 0.6 is 12.4 Å². The van der Waals surface area contributed by atoms with Crippen LogP contribution in [-0.4, -0.2) is 33.3 Å². The van der Waals surface area contributed by atoms with Crippen molar-refractivity contribution in [2.75, 3.05) is 11.9 Å². The first-order valence-corrected chi connectivity index (χ1v) is 7.65. The fourth-order valence-electron chi connectivity index (χ4n) is 2.89. The van der Waals surface area contributed by atoms with Gasteiger partial charge in [-0.3, -0.25) is 9.36 Å². The van der Waals surface area contributed by atoms with E-state index < -0.39 is 0 Å². The number of benzene rings is 1. The molecular weight excluding hydrogens is 314 g/mol. The molecule has 2 heterocycles. The highest BCUT2D eigenvalue weighted by molar-refractivity contribution is 5.92. The Bertz CT molecular complexity index is 672. The van der Waals surface area contributed by atoms with Crippen LogP contribution in [-0.2, 0) is 4.79 Å². The second-order valence-corrected chi connectivity index (χ2v) is 5.86. The lowest BCUT2D eigenvalue weighted by atomic mass is 9.92. The summed E-state index contributed by atoms with van der Waals surface area (Å²) in [6, 6.07) is 8.15. The summed E-state index contributed by atoms with van der Waals surface area (Å²) in [5.74, 6) is 0.998. The van der Waals surface area contributed by atoms with Gasteiger partial charge in [0.2, 0.25) is 5.91 Å². The summed E-state index contributed by atoms with van der Waals surface area (Å²) < 4.78 is 1.89. The molecule has 124 valence electrons. The van der Waals surface area contributed by atoms with Gasteiger partial charge in [0.25, 0.3) is 0 Å². The van der Waals surface area contributed by atoms with Gasteiger partial charge in [-0.15, -0.1) is 22.6 Å².